The van der Waals surface area contributed by atoms with Gasteiger partial charge in [-0.25, -0.2) is 0 Å². The molecule has 64 heavy (non-hydrogen) atoms. The van der Waals surface area contributed by atoms with Crippen LogP contribution in [-0.2, 0) is 0 Å². The highest BCUT2D eigenvalue weighted by Crippen LogP contribution is 2.55. The molecule has 0 atom stereocenters. The van der Waals surface area contributed by atoms with Crippen LogP contribution in [0.15, 0.2) is 182 Å². The normalized spacial score (nSPS) is 12.4. The van der Waals surface area contributed by atoms with E-state index in [0.717, 1.165) is 0 Å². The van der Waals surface area contributed by atoms with Crippen molar-refractivity contribution in [3.05, 3.63) is 204 Å². The molecule has 0 aliphatic carbocycles. The topological polar surface area (TPSA) is 0 Å². The summed E-state index contributed by atoms with van der Waals surface area (Å²) in [7, 11) is 0. The van der Waals surface area contributed by atoms with Gasteiger partial charge >= 0.3 is 0 Å². The van der Waals surface area contributed by atoms with Crippen LogP contribution in [0.3, 0.4) is 0 Å². The first-order chi connectivity index (χ1) is 31.4. The van der Waals surface area contributed by atoms with E-state index < -0.39 is 0 Å². The minimum atomic E-state index is 1.24. The molecule has 0 N–H and O–H groups in total. The maximum atomic E-state index is 2.56. The number of hydrogen-bond donors (Lipinski definition) is 0. The van der Waals surface area contributed by atoms with Gasteiger partial charge in [0, 0.05) is 0 Å². The fourth-order valence-electron chi connectivity index (χ4n) is 12.4. The monoisotopic (exact) mass is 810 g/mol. The van der Waals surface area contributed by atoms with Gasteiger partial charge in [-0.1, -0.05) is 152 Å². The van der Waals surface area contributed by atoms with Crippen LogP contribution in [0, 0.1) is 27.7 Å². The fraction of sp³-hybridized carbons (Fsp3) is 0.0625. The van der Waals surface area contributed by atoms with Crippen LogP contribution in [-0.4, -0.2) is 0 Å². The average molecular weight is 811 g/mol. The van der Waals surface area contributed by atoms with Crippen LogP contribution < -0.4 is 0 Å². The van der Waals surface area contributed by atoms with Crippen molar-refractivity contribution in [2.75, 3.05) is 0 Å². The van der Waals surface area contributed by atoms with Gasteiger partial charge in [-0.05, 0) is 222 Å². The van der Waals surface area contributed by atoms with Crippen LogP contribution in [0.25, 0.3) is 141 Å². The molecule has 0 aliphatic rings. The van der Waals surface area contributed by atoms with Gasteiger partial charge in [0.25, 0.3) is 0 Å². The molecule has 0 amide bonds. The van der Waals surface area contributed by atoms with Crippen molar-refractivity contribution in [1.82, 2.24) is 0 Å². The molecule has 0 unspecified atom stereocenters. The Morgan fingerprint density at radius 3 is 1.39 bits per heavy atom. The van der Waals surface area contributed by atoms with E-state index in [4.69, 9.17) is 0 Å². The Labute approximate surface area is 371 Å². The highest BCUT2D eigenvalue weighted by atomic mass is 14.3. The Bertz CT molecular complexity index is 4210. The maximum Gasteiger partial charge on any atom is -0.000719 e. The lowest BCUT2D eigenvalue weighted by atomic mass is 9.85. The molecule has 14 aromatic carbocycles. The molecule has 298 valence electrons. The fourth-order valence-corrected chi connectivity index (χ4v) is 12.4. The number of benzene rings is 12. The van der Waals surface area contributed by atoms with Crippen LogP contribution in [0.1, 0.15) is 22.3 Å². The molecular weight excluding hydrogens is 769 g/mol. The Kier molecular flexibility index (Phi) is 7.20. The quantitative estimate of drug-likeness (QED) is 0.155. The number of fused-ring (bicyclic) bond motifs is 7. The first-order valence-corrected chi connectivity index (χ1v) is 22.7. The Morgan fingerprint density at radius 2 is 0.734 bits per heavy atom. The van der Waals surface area contributed by atoms with Crippen molar-refractivity contribution in [3.63, 3.8) is 0 Å². The summed E-state index contributed by atoms with van der Waals surface area (Å²) in [5, 5.41) is 23.8. The van der Waals surface area contributed by atoms with Gasteiger partial charge in [-0.3, -0.25) is 0 Å². The van der Waals surface area contributed by atoms with Crippen molar-refractivity contribution in [2.24, 2.45) is 0 Å². The SMILES string of the molecule is Cc1cccc(C)c1-c1cc2ccc3ccc4c5c(-c6ccccc6)c6cc7c(cc6c(-c6ccccc6)c5c5cc(c1)c2c3c45)c1cccc2c(-c3c(C)cccc3C)ccc7c21. The average Bonchev–Trinajstić information content (AvgIpc) is 3.81. The standard InChI is InChI=1S/C64H42/c1-35-14-11-15-36(2)55(35)43-30-42-25-24-41-26-27-49-62-54(32-44(31-43)57(42)60(41)62)64-59(40-20-9-6-10-21-40)53-33-50-46-23-13-22-45-47(56-37(3)16-12-17-38(56)4)28-29-48(61(45)46)51(50)34-52(53)58(63(49)64)39-18-7-5-8-19-39/h5-34H,1-4H3. The van der Waals surface area contributed by atoms with Gasteiger partial charge in [0.15, 0.2) is 0 Å². The van der Waals surface area contributed by atoms with Crippen molar-refractivity contribution in [2.45, 2.75) is 27.7 Å². The molecule has 0 bridgehead atoms. The van der Waals surface area contributed by atoms with Crippen LogP contribution in [0.4, 0.5) is 0 Å². The molecule has 0 saturated carbocycles. The largest absolute Gasteiger partial charge is 0.0622 e. The van der Waals surface area contributed by atoms with Gasteiger partial charge in [0.05, 0.1) is 0 Å². The van der Waals surface area contributed by atoms with E-state index in [0.29, 0.717) is 0 Å². The van der Waals surface area contributed by atoms with Gasteiger partial charge in [-0.2, -0.15) is 0 Å². The van der Waals surface area contributed by atoms with Crippen molar-refractivity contribution < 1.29 is 0 Å². The third-order valence-electron chi connectivity index (χ3n) is 14.9. The van der Waals surface area contributed by atoms with Crippen LogP contribution in [0.2, 0.25) is 0 Å². The Balaban J connectivity index is 1.20. The van der Waals surface area contributed by atoms with Crippen LogP contribution in [0.5, 0.6) is 0 Å². The second-order valence-corrected chi connectivity index (χ2v) is 18.5. The van der Waals surface area contributed by atoms with E-state index in [9.17, 15) is 0 Å². The van der Waals surface area contributed by atoms with E-state index in [1.165, 1.54) is 164 Å². The molecule has 0 spiro atoms. The zero-order valence-electron chi connectivity index (χ0n) is 36.3. The maximum absolute atomic E-state index is 2.56. The first-order valence-electron chi connectivity index (χ1n) is 22.7. The third-order valence-corrected chi connectivity index (χ3v) is 14.9. The highest BCUT2D eigenvalue weighted by Gasteiger charge is 2.27. The molecule has 14 aromatic rings. The summed E-state index contributed by atoms with van der Waals surface area (Å²) in [6.07, 6.45) is 0. The number of hydrogen-bond acceptors (Lipinski definition) is 0. The zero-order valence-corrected chi connectivity index (χ0v) is 36.3. The minimum Gasteiger partial charge on any atom is -0.0622 e. The molecule has 0 heteroatoms. The molecule has 0 nitrogen and oxygen atoms in total. The molecule has 0 radical (unpaired) electrons. The first kappa shape index (κ1) is 35.8. The molecule has 0 saturated heterocycles. The van der Waals surface area contributed by atoms with Crippen LogP contribution >= 0.6 is 0 Å². The minimum absolute atomic E-state index is 1.24. The molecule has 14 rings (SSSR count). The lowest BCUT2D eigenvalue weighted by Crippen LogP contribution is -1.90. The predicted octanol–water partition coefficient (Wildman–Crippen LogP) is 18.3. The van der Waals surface area contributed by atoms with E-state index >= 15 is 0 Å². The highest BCUT2D eigenvalue weighted by molar-refractivity contribution is 6.46. The summed E-state index contributed by atoms with van der Waals surface area (Å²) >= 11 is 0. The number of aryl methyl sites for hydroxylation is 4. The summed E-state index contributed by atoms with van der Waals surface area (Å²) in [6.45, 7) is 8.99. The molecule has 0 fully saturated rings. The smallest absolute Gasteiger partial charge is 0.000719 e. The summed E-state index contributed by atoms with van der Waals surface area (Å²) < 4.78 is 0. The van der Waals surface area contributed by atoms with E-state index in [-0.39, 0.29) is 0 Å². The predicted molar refractivity (Wildman–Crippen MR) is 278 cm³/mol. The third kappa shape index (κ3) is 4.67. The van der Waals surface area contributed by atoms with Gasteiger partial charge in [0.2, 0.25) is 0 Å². The second-order valence-electron chi connectivity index (χ2n) is 18.5. The van der Waals surface area contributed by atoms with Gasteiger partial charge in [-0.15, -0.1) is 0 Å². The van der Waals surface area contributed by atoms with Crippen molar-refractivity contribution in [1.29, 1.82) is 0 Å². The summed E-state index contributed by atoms with van der Waals surface area (Å²) in [4.78, 5) is 0. The van der Waals surface area contributed by atoms with Crippen molar-refractivity contribution in [3.8, 4) is 44.5 Å². The molecular formula is C64H42. The second kappa shape index (κ2) is 12.9. The van der Waals surface area contributed by atoms with Gasteiger partial charge < -0.3 is 0 Å². The molecule has 0 aromatic heterocycles. The number of rotatable bonds is 4. The summed E-state index contributed by atoms with van der Waals surface area (Å²) in [6, 6.07) is 69.6. The Morgan fingerprint density at radius 1 is 0.219 bits per heavy atom. The lowest BCUT2D eigenvalue weighted by Gasteiger charge is -2.17. The van der Waals surface area contributed by atoms with E-state index in [1.54, 1.807) is 0 Å². The van der Waals surface area contributed by atoms with Crippen molar-refractivity contribution >= 4 is 97.0 Å². The Hall–Kier alpha value is -7.80. The lowest BCUT2D eigenvalue weighted by molar-refractivity contribution is 1.38. The van der Waals surface area contributed by atoms with E-state index in [1.807, 2.05) is 0 Å². The zero-order chi connectivity index (χ0) is 42.5. The van der Waals surface area contributed by atoms with Gasteiger partial charge in [0.1, 0.15) is 0 Å². The molecule has 0 aliphatic heterocycles. The summed E-state index contributed by atoms with van der Waals surface area (Å²) in [5.41, 5.74) is 15.6. The van der Waals surface area contributed by atoms with E-state index in [2.05, 4.69) is 210 Å². The summed E-state index contributed by atoms with van der Waals surface area (Å²) in [5.74, 6) is 0. The molecule has 0 heterocycles.